The van der Waals surface area contributed by atoms with E-state index in [0.29, 0.717) is 27.6 Å². The fraction of sp³-hybridized carbons (Fsp3) is 0.240. The van der Waals surface area contributed by atoms with Crippen molar-refractivity contribution in [1.29, 1.82) is 0 Å². The van der Waals surface area contributed by atoms with Gasteiger partial charge < -0.3 is 14.9 Å². The lowest BCUT2D eigenvalue weighted by atomic mass is 9.95. The predicted molar refractivity (Wildman–Crippen MR) is 135 cm³/mol. The van der Waals surface area contributed by atoms with Crippen LogP contribution in [0.1, 0.15) is 27.0 Å². The standard InChI is InChI=1S/C25H23N5O5S/c1-14-23(36-25-26-17-6-4-5-7-18(17)29(14)25)21(31)19-20(15-8-10-16(11-9-15)30(34)35)28(13-12-27(2)3)24(33)22(19)32/h4-11,20,32H,12-13H2,1-3H3. The van der Waals surface area contributed by atoms with Gasteiger partial charge in [0.25, 0.3) is 11.6 Å². The van der Waals surface area contributed by atoms with Crippen LogP contribution in [0.5, 0.6) is 0 Å². The third-order valence-electron chi connectivity index (χ3n) is 6.35. The number of imidazole rings is 1. The van der Waals surface area contributed by atoms with Crippen LogP contribution in [0.2, 0.25) is 0 Å². The molecule has 36 heavy (non-hydrogen) atoms. The summed E-state index contributed by atoms with van der Waals surface area (Å²) in [5.74, 6) is -1.71. The Morgan fingerprint density at radius 2 is 1.89 bits per heavy atom. The number of thiazole rings is 1. The number of nitro groups is 1. The van der Waals surface area contributed by atoms with Gasteiger partial charge in [-0.2, -0.15) is 0 Å². The van der Waals surface area contributed by atoms with E-state index < -0.39 is 28.4 Å². The molecule has 4 aromatic rings. The Morgan fingerprint density at radius 3 is 2.56 bits per heavy atom. The van der Waals surface area contributed by atoms with Gasteiger partial charge in [0, 0.05) is 30.9 Å². The molecule has 0 aliphatic carbocycles. The molecular formula is C25H23N5O5S. The summed E-state index contributed by atoms with van der Waals surface area (Å²) in [6, 6.07) is 12.4. The van der Waals surface area contributed by atoms with Gasteiger partial charge in [0.05, 0.1) is 32.4 Å². The Kier molecular flexibility index (Phi) is 5.81. The van der Waals surface area contributed by atoms with E-state index in [1.54, 1.807) is 0 Å². The largest absolute Gasteiger partial charge is 0.503 e. The van der Waals surface area contributed by atoms with Crippen molar-refractivity contribution in [3.63, 3.8) is 0 Å². The second-order valence-corrected chi connectivity index (χ2v) is 9.86. The zero-order valence-corrected chi connectivity index (χ0v) is 20.7. The summed E-state index contributed by atoms with van der Waals surface area (Å²) >= 11 is 1.20. The fourth-order valence-electron chi connectivity index (χ4n) is 4.54. The van der Waals surface area contributed by atoms with Crippen LogP contribution in [-0.2, 0) is 4.79 Å². The molecule has 0 radical (unpaired) electrons. The minimum atomic E-state index is -0.878. The number of aryl methyl sites for hydroxylation is 1. The highest BCUT2D eigenvalue weighted by atomic mass is 32.1. The summed E-state index contributed by atoms with van der Waals surface area (Å²) in [7, 11) is 3.71. The number of rotatable bonds is 7. The van der Waals surface area contributed by atoms with Gasteiger partial charge in [-0.25, -0.2) is 4.98 Å². The number of hydrogen-bond acceptors (Lipinski definition) is 8. The molecule has 0 saturated heterocycles. The summed E-state index contributed by atoms with van der Waals surface area (Å²) in [6.07, 6.45) is 0. The maximum absolute atomic E-state index is 13.9. The van der Waals surface area contributed by atoms with Crippen LogP contribution >= 0.6 is 11.3 Å². The number of ketones is 1. The van der Waals surface area contributed by atoms with Crippen LogP contribution in [0, 0.1) is 17.0 Å². The minimum Gasteiger partial charge on any atom is -0.503 e. The summed E-state index contributed by atoms with van der Waals surface area (Å²) in [5, 5.41) is 22.1. The SMILES string of the molecule is Cc1c(C(=O)C2=C(O)C(=O)N(CCN(C)C)C2c2ccc([N+](=O)[O-])cc2)sc2nc3ccccc3n12. The third-order valence-corrected chi connectivity index (χ3v) is 7.49. The zero-order chi connectivity index (χ0) is 25.7. The number of non-ortho nitro benzene ring substituents is 1. The Hall–Kier alpha value is -4.09. The van der Waals surface area contributed by atoms with Crippen molar-refractivity contribution in [2.75, 3.05) is 27.2 Å². The number of para-hydroxylation sites is 2. The molecule has 1 aliphatic heterocycles. The van der Waals surface area contributed by atoms with Gasteiger partial charge in [0.2, 0.25) is 5.78 Å². The fourth-order valence-corrected chi connectivity index (χ4v) is 5.64. The summed E-state index contributed by atoms with van der Waals surface area (Å²) in [6.45, 7) is 2.57. The van der Waals surface area contributed by atoms with Crippen molar-refractivity contribution in [2.45, 2.75) is 13.0 Å². The van der Waals surface area contributed by atoms with Gasteiger partial charge in [-0.1, -0.05) is 23.5 Å². The highest BCUT2D eigenvalue weighted by Gasteiger charge is 2.44. The Balaban J connectivity index is 1.62. The molecule has 184 valence electrons. The molecule has 11 heteroatoms. The van der Waals surface area contributed by atoms with E-state index in [4.69, 9.17) is 0 Å². The van der Waals surface area contributed by atoms with Gasteiger partial charge >= 0.3 is 0 Å². The molecule has 2 aromatic heterocycles. The van der Waals surface area contributed by atoms with Gasteiger partial charge in [0.1, 0.15) is 0 Å². The van der Waals surface area contributed by atoms with Crippen molar-refractivity contribution in [2.24, 2.45) is 0 Å². The lowest BCUT2D eigenvalue weighted by Crippen LogP contribution is -2.36. The van der Waals surface area contributed by atoms with Gasteiger partial charge in [0.15, 0.2) is 10.7 Å². The van der Waals surface area contributed by atoms with Crippen LogP contribution in [0.4, 0.5) is 5.69 Å². The van der Waals surface area contributed by atoms with Crippen molar-refractivity contribution in [1.82, 2.24) is 19.2 Å². The Labute approximate surface area is 209 Å². The monoisotopic (exact) mass is 505 g/mol. The summed E-state index contributed by atoms with van der Waals surface area (Å²) < 4.78 is 1.90. The number of aliphatic hydroxyl groups is 1. The van der Waals surface area contributed by atoms with Gasteiger partial charge in [-0.05, 0) is 50.8 Å². The lowest BCUT2D eigenvalue weighted by Gasteiger charge is -2.28. The Bertz CT molecular complexity index is 1570. The van der Waals surface area contributed by atoms with E-state index >= 15 is 0 Å². The number of fused-ring (bicyclic) bond motifs is 3. The minimum absolute atomic E-state index is 0.0375. The average Bonchev–Trinajstić information content (AvgIpc) is 3.46. The van der Waals surface area contributed by atoms with Crippen LogP contribution in [0.15, 0.2) is 59.9 Å². The van der Waals surface area contributed by atoms with E-state index in [9.17, 15) is 24.8 Å². The highest BCUT2D eigenvalue weighted by Crippen LogP contribution is 2.41. The number of nitro benzene ring substituents is 1. The number of Topliss-reactive ketones (excluding diaryl/α,β-unsaturated/α-hetero) is 1. The molecule has 5 rings (SSSR count). The molecular weight excluding hydrogens is 482 g/mol. The number of carbonyl (C=O) groups excluding carboxylic acids is 2. The predicted octanol–water partition coefficient (Wildman–Crippen LogP) is 3.91. The van der Waals surface area contributed by atoms with Crippen LogP contribution in [0.3, 0.4) is 0 Å². The molecule has 2 aromatic carbocycles. The second kappa shape index (κ2) is 8.85. The topological polar surface area (TPSA) is 121 Å². The number of aromatic nitrogens is 2. The van der Waals surface area contributed by atoms with E-state index in [1.807, 2.05) is 54.6 Å². The summed E-state index contributed by atoms with van der Waals surface area (Å²) in [4.78, 5) is 46.6. The lowest BCUT2D eigenvalue weighted by molar-refractivity contribution is -0.384. The third kappa shape index (κ3) is 3.73. The molecule has 10 nitrogen and oxygen atoms in total. The zero-order valence-electron chi connectivity index (χ0n) is 19.8. The summed E-state index contributed by atoms with van der Waals surface area (Å²) in [5.41, 5.74) is 2.69. The first-order chi connectivity index (χ1) is 17.2. The molecule has 0 bridgehead atoms. The number of likely N-dealkylation sites (N-methyl/N-ethyl adjacent to an activating group) is 1. The molecule has 1 atom stereocenters. The molecule has 1 N–H and O–H groups in total. The van der Waals surface area contributed by atoms with E-state index in [0.717, 1.165) is 11.0 Å². The number of benzene rings is 2. The van der Waals surface area contributed by atoms with Crippen molar-refractivity contribution < 1.29 is 19.6 Å². The maximum atomic E-state index is 13.9. The van der Waals surface area contributed by atoms with Crippen molar-refractivity contribution >= 4 is 44.7 Å². The number of amides is 1. The highest BCUT2D eigenvalue weighted by molar-refractivity contribution is 7.19. The van der Waals surface area contributed by atoms with Gasteiger partial charge in [-0.15, -0.1) is 0 Å². The number of carbonyl (C=O) groups is 2. The molecule has 0 saturated carbocycles. The van der Waals surface area contributed by atoms with Crippen molar-refractivity contribution in [3.8, 4) is 0 Å². The second-order valence-electron chi connectivity index (χ2n) is 8.88. The Morgan fingerprint density at radius 1 is 1.19 bits per heavy atom. The molecule has 1 aliphatic rings. The van der Waals surface area contributed by atoms with Crippen LogP contribution < -0.4 is 0 Å². The normalized spacial score (nSPS) is 16.2. The average molecular weight is 506 g/mol. The number of aliphatic hydroxyl groups excluding tert-OH is 1. The molecule has 0 spiro atoms. The van der Waals surface area contributed by atoms with Gasteiger partial charge in [-0.3, -0.25) is 24.1 Å². The van der Waals surface area contributed by atoms with Crippen LogP contribution in [0.25, 0.3) is 16.0 Å². The molecule has 3 heterocycles. The van der Waals surface area contributed by atoms with Crippen molar-refractivity contribution in [3.05, 3.63) is 86.1 Å². The quantitative estimate of drug-likeness (QED) is 0.230. The first kappa shape index (κ1) is 23.6. The molecule has 1 amide bonds. The smallest absolute Gasteiger partial charge is 0.290 e. The van der Waals surface area contributed by atoms with E-state index in [1.165, 1.54) is 40.5 Å². The van der Waals surface area contributed by atoms with Crippen LogP contribution in [-0.4, -0.2) is 68.1 Å². The number of nitrogens with zero attached hydrogens (tertiary/aromatic N) is 5. The number of hydrogen-bond donors (Lipinski definition) is 1. The van der Waals surface area contributed by atoms with E-state index in [2.05, 4.69) is 4.98 Å². The molecule has 1 unspecified atom stereocenters. The first-order valence-electron chi connectivity index (χ1n) is 11.2. The first-order valence-corrected chi connectivity index (χ1v) is 12.0. The molecule has 0 fully saturated rings. The van der Waals surface area contributed by atoms with E-state index in [-0.39, 0.29) is 17.8 Å². The maximum Gasteiger partial charge on any atom is 0.290 e.